The third-order valence-electron chi connectivity index (χ3n) is 10.6. The largest absolute Gasteiger partial charge is 0.508 e. The highest BCUT2D eigenvalue weighted by molar-refractivity contribution is 6.01. The number of carbonyl (C=O) groups is 1. The number of pyridine rings is 1. The Hall–Kier alpha value is -4.23. The summed E-state index contributed by atoms with van der Waals surface area (Å²) in [5, 5.41) is 15.0. The number of hydrogen-bond donors (Lipinski definition) is 2. The Labute approximate surface area is 281 Å². The SMILES string of the molecule is O=C1CCCc2c(F)ccc3cc(O)cc(c23)-c2ncc3c(nc(OC[C@@]45CCCN4C[C@H](F)C5)nc3c2F)N2CCOCC(CCN1)C2. The molecule has 2 N–H and O–H groups in total. The van der Waals surface area contributed by atoms with Crippen molar-refractivity contribution in [2.45, 2.75) is 56.7 Å². The van der Waals surface area contributed by atoms with Crippen molar-refractivity contribution in [3.05, 3.63) is 47.7 Å². The van der Waals surface area contributed by atoms with E-state index in [0.29, 0.717) is 86.2 Å². The smallest absolute Gasteiger partial charge is 0.319 e. The molecule has 7 heterocycles. The number of carbonyl (C=O) groups excluding carboxylic acids is 1. The van der Waals surface area contributed by atoms with Crippen LogP contribution in [0.5, 0.6) is 11.8 Å². The summed E-state index contributed by atoms with van der Waals surface area (Å²) in [6.07, 6.45) is 4.12. The van der Waals surface area contributed by atoms with Crippen LogP contribution in [0.15, 0.2) is 30.5 Å². The second-order valence-corrected chi connectivity index (χ2v) is 13.9. The molecular formula is C36H39F3N6O4. The molecule has 6 bridgehead atoms. The minimum atomic E-state index is -0.936. The van der Waals surface area contributed by atoms with Gasteiger partial charge in [-0.15, -0.1) is 0 Å². The number of alkyl halides is 1. The highest BCUT2D eigenvalue weighted by Gasteiger charge is 2.49. The predicted octanol–water partition coefficient (Wildman–Crippen LogP) is 5.08. The molecule has 0 saturated carbocycles. The van der Waals surface area contributed by atoms with Crippen molar-refractivity contribution in [3.8, 4) is 23.0 Å². The fraction of sp³-hybridized carbons (Fsp3) is 0.500. The minimum absolute atomic E-state index is 0.0230. The molecular weight excluding hydrogens is 637 g/mol. The molecule has 10 nitrogen and oxygen atoms in total. The normalized spacial score (nSPS) is 25.0. The van der Waals surface area contributed by atoms with E-state index in [1.54, 1.807) is 0 Å². The van der Waals surface area contributed by atoms with Gasteiger partial charge < -0.3 is 24.8 Å². The quantitative estimate of drug-likeness (QED) is 0.307. The zero-order valence-electron chi connectivity index (χ0n) is 27.2. The van der Waals surface area contributed by atoms with Gasteiger partial charge in [0.25, 0.3) is 0 Å². The zero-order chi connectivity index (χ0) is 33.7. The summed E-state index contributed by atoms with van der Waals surface area (Å²) in [5.41, 5.74) is -0.0700. The molecule has 3 atom stereocenters. The zero-order valence-corrected chi connectivity index (χ0v) is 27.2. The Morgan fingerprint density at radius 1 is 1.12 bits per heavy atom. The first kappa shape index (κ1) is 32.0. The van der Waals surface area contributed by atoms with E-state index in [-0.39, 0.29) is 59.8 Å². The number of benzene rings is 2. The van der Waals surface area contributed by atoms with Gasteiger partial charge in [-0.3, -0.25) is 14.7 Å². The highest BCUT2D eigenvalue weighted by atomic mass is 19.1. The maximum absolute atomic E-state index is 17.0. The first-order chi connectivity index (χ1) is 23.8. The van der Waals surface area contributed by atoms with Crippen molar-refractivity contribution in [2.75, 3.05) is 57.4 Å². The van der Waals surface area contributed by atoms with Crippen LogP contribution in [0, 0.1) is 17.6 Å². The number of anilines is 1. The van der Waals surface area contributed by atoms with Gasteiger partial charge in [0.2, 0.25) is 5.91 Å². The summed E-state index contributed by atoms with van der Waals surface area (Å²) < 4.78 is 59.3. The number of nitrogens with one attached hydrogen (secondary N) is 1. The van der Waals surface area contributed by atoms with E-state index in [0.717, 1.165) is 19.4 Å². The first-order valence-corrected chi connectivity index (χ1v) is 17.2. The molecule has 1 unspecified atom stereocenters. The lowest BCUT2D eigenvalue weighted by Crippen LogP contribution is -2.43. The van der Waals surface area contributed by atoms with E-state index in [4.69, 9.17) is 14.5 Å². The van der Waals surface area contributed by atoms with Gasteiger partial charge in [-0.1, -0.05) is 6.07 Å². The van der Waals surface area contributed by atoms with Gasteiger partial charge in [0.15, 0.2) is 5.82 Å². The number of fused-ring (bicyclic) bond motifs is 8. The molecule has 9 rings (SSSR count). The summed E-state index contributed by atoms with van der Waals surface area (Å²) >= 11 is 0. The van der Waals surface area contributed by atoms with Crippen LogP contribution >= 0.6 is 0 Å². The number of amides is 1. The van der Waals surface area contributed by atoms with Gasteiger partial charge in [-0.25, -0.2) is 13.2 Å². The fourth-order valence-corrected chi connectivity index (χ4v) is 8.27. The van der Waals surface area contributed by atoms with Crippen LogP contribution in [0.3, 0.4) is 0 Å². The molecule has 49 heavy (non-hydrogen) atoms. The van der Waals surface area contributed by atoms with Crippen LogP contribution in [0.1, 0.15) is 44.1 Å². The second-order valence-electron chi connectivity index (χ2n) is 13.9. The Balaban J connectivity index is 1.30. The van der Waals surface area contributed by atoms with E-state index in [1.807, 2.05) is 4.90 Å². The number of ether oxygens (including phenoxy) is 2. The monoisotopic (exact) mass is 676 g/mol. The van der Waals surface area contributed by atoms with Crippen LogP contribution in [-0.4, -0.2) is 95.1 Å². The van der Waals surface area contributed by atoms with Gasteiger partial charge in [0.1, 0.15) is 41.4 Å². The lowest BCUT2D eigenvalue weighted by Gasteiger charge is -2.31. The molecule has 2 aromatic heterocycles. The van der Waals surface area contributed by atoms with Crippen molar-refractivity contribution >= 4 is 33.4 Å². The summed E-state index contributed by atoms with van der Waals surface area (Å²) in [6, 6.07) is 5.71. The molecule has 3 saturated heterocycles. The molecule has 5 aliphatic rings. The standard InChI is InChI=1S/C36H39F3N6O4/c37-23-15-36(8-2-10-45(36)18-23)20-49-35-42-33-27-16-41-32(31(33)39)26-14-24(46)13-22-5-6-28(38)25(30(22)26)3-1-4-29(47)40-9-7-21-17-44(34(27)43-35)11-12-48-19-21/h5-6,13-14,16,21,23,46H,1-4,7-12,15,17-20H2,(H,40,47)/t21?,23-,36+/m1/s1. The minimum Gasteiger partial charge on any atom is -0.508 e. The van der Waals surface area contributed by atoms with Crippen LogP contribution in [0.2, 0.25) is 0 Å². The fourth-order valence-electron chi connectivity index (χ4n) is 8.27. The van der Waals surface area contributed by atoms with Crippen molar-refractivity contribution < 1.29 is 32.5 Å². The van der Waals surface area contributed by atoms with Crippen molar-refractivity contribution in [3.63, 3.8) is 0 Å². The molecule has 0 aliphatic carbocycles. The maximum Gasteiger partial charge on any atom is 0.319 e. The van der Waals surface area contributed by atoms with Crippen molar-refractivity contribution in [1.82, 2.24) is 25.2 Å². The van der Waals surface area contributed by atoms with E-state index < -0.39 is 23.3 Å². The topological polar surface area (TPSA) is 113 Å². The number of rotatable bonds is 3. The van der Waals surface area contributed by atoms with Gasteiger partial charge in [0.05, 0.1) is 24.1 Å². The van der Waals surface area contributed by atoms with Crippen LogP contribution in [0.25, 0.3) is 32.9 Å². The van der Waals surface area contributed by atoms with Gasteiger partial charge in [-0.2, -0.15) is 9.97 Å². The van der Waals surface area contributed by atoms with Crippen LogP contribution < -0.4 is 15.0 Å². The summed E-state index contributed by atoms with van der Waals surface area (Å²) in [6.45, 7) is 3.69. The molecule has 0 spiro atoms. The molecule has 1 amide bonds. The third-order valence-corrected chi connectivity index (χ3v) is 10.6. The van der Waals surface area contributed by atoms with E-state index in [1.165, 1.54) is 30.5 Å². The van der Waals surface area contributed by atoms with Crippen LogP contribution in [-0.2, 0) is 16.0 Å². The lowest BCUT2D eigenvalue weighted by molar-refractivity contribution is -0.121. The Kier molecular flexibility index (Phi) is 8.43. The Morgan fingerprint density at radius 2 is 2.02 bits per heavy atom. The molecule has 4 aromatic rings. The predicted molar refractivity (Wildman–Crippen MR) is 177 cm³/mol. The van der Waals surface area contributed by atoms with E-state index in [9.17, 15) is 14.3 Å². The highest BCUT2D eigenvalue weighted by Crippen LogP contribution is 2.42. The number of phenols is 1. The molecule has 5 aliphatic heterocycles. The summed E-state index contributed by atoms with van der Waals surface area (Å²) in [5.74, 6) is -1.04. The number of aromatic hydroxyl groups is 1. The van der Waals surface area contributed by atoms with Crippen molar-refractivity contribution in [1.29, 1.82) is 0 Å². The summed E-state index contributed by atoms with van der Waals surface area (Å²) in [7, 11) is 0. The molecule has 258 valence electrons. The average Bonchev–Trinajstić information content (AvgIpc) is 3.50. The third kappa shape index (κ3) is 6.01. The Morgan fingerprint density at radius 3 is 2.92 bits per heavy atom. The van der Waals surface area contributed by atoms with Crippen molar-refractivity contribution in [2.24, 2.45) is 5.92 Å². The lowest BCUT2D eigenvalue weighted by atomic mass is 9.93. The molecule has 2 aromatic carbocycles. The number of aryl methyl sites for hydroxylation is 1. The number of hydrogen-bond acceptors (Lipinski definition) is 9. The number of aromatic nitrogens is 3. The second kappa shape index (κ2) is 12.9. The number of halogens is 3. The van der Waals surface area contributed by atoms with Gasteiger partial charge in [0, 0.05) is 56.7 Å². The van der Waals surface area contributed by atoms with E-state index in [2.05, 4.69) is 20.2 Å². The maximum atomic E-state index is 17.0. The molecule has 13 heteroatoms. The summed E-state index contributed by atoms with van der Waals surface area (Å²) in [4.78, 5) is 30.9. The van der Waals surface area contributed by atoms with Gasteiger partial charge >= 0.3 is 6.01 Å². The molecule has 0 radical (unpaired) electrons. The first-order valence-electron chi connectivity index (χ1n) is 17.2. The average molecular weight is 677 g/mol. The number of phenolic OH excluding ortho intramolecular Hbond substituents is 1. The van der Waals surface area contributed by atoms with Gasteiger partial charge in [-0.05, 0) is 73.2 Å². The van der Waals surface area contributed by atoms with E-state index >= 15 is 8.78 Å². The van der Waals surface area contributed by atoms with Crippen LogP contribution in [0.4, 0.5) is 19.0 Å². The molecule has 3 fully saturated rings. The number of nitrogens with zero attached hydrogens (tertiary/aromatic N) is 5. The Bertz CT molecular complexity index is 1930.